The van der Waals surface area contributed by atoms with Gasteiger partial charge >= 0.3 is 5.97 Å². The lowest BCUT2D eigenvalue weighted by Crippen LogP contribution is -2.31. The number of esters is 1. The Bertz CT molecular complexity index is 856. The van der Waals surface area contributed by atoms with Crippen molar-refractivity contribution in [1.29, 1.82) is 5.41 Å². The van der Waals surface area contributed by atoms with Crippen LogP contribution in [0.1, 0.15) is 17.5 Å². The van der Waals surface area contributed by atoms with Crippen LogP contribution in [0.15, 0.2) is 48.5 Å². The molecule has 1 saturated heterocycles. The number of nitrogens with two attached hydrogens (primary N) is 1. The Labute approximate surface area is 176 Å². The van der Waals surface area contributed by atoms with Crippen molar-refractivity contribution in [1.82, 2.24) is 0 Å². The number of methoxy groups -OCH3 is 1. The lowest BCUT2D eigenvalue weighted by atomic mass is 10.1. The van der Waals surface area contributed by atoms with Gasteiger partial charge in [-0.3, -0.25) is 10.2 Å². The molecule has 148 valence electrons. The Morgan fingerprint density at radius 3 is 2.04 bits per heavy atom. The fraction of sp³-hybridized carbons (Fsp3) is 0.250. The number of anilines is 2. The highest BCUT2D eigenvalue weighted by molar-refractivity contribution is 7.80. The molecule has 0 spiro atoms. The van der Waals surface area contributed by atoms with Gasteiger partial charge < -0.3 is 20.3 Å². The van der Waals surface area contributed by atoms with Crippen molar-refractivity contribution >= 4 is 52.9 Å². The third-order valence-electron chi connectivity index (χ3n) is 4.59. The second-order valence-corrected chi connectivity index (χ2v) is 6.65. The minimum atomic E-state index is -0.203. The first-order chi connectivity index (χ1) is 13.0. The van der Waals surface area contributed by atoms with Crippen LogP contribution in [0, 0.1) is 5.41 Å². The van der Waals surface area contributed by atoms with Crippen LogP contribution in [0.5, 0.6) is 0 Å². The van der Waals surface area contributed by atoms with Crippen LogP contribution in [0.25, 0.3) is 0 Å². The molecule has 0 aliphatic carbocycles. The number of nitrogen functional groups attached to an aromatic ring is 1. The molecule has 3 N–H and O–H groups in total. The van der Waals surface area contributed by atoms with Crippen LogP contribution in [0.2, 0.25) is 0 Å². The number of aryl methyl sites for hydroxylation is 1. The normalized spacial score (nSPS) is 13.2. The van der Waals surface area contributed by atoms with Crippen molar-refractivity contribution in [3.63, 3.8) is 0 Å². The van der Waals surface area contributed by atoms with Crippen molar-refractivity contribution in [2.45, 2.75) is 12.8 Å². The Hall–Kier alpha value is -2.64. The Balaban J connectivity index is 0.00000280. The highest BCUT2D eigenvalue weighted by atomic mass is 35.5. The average molecular weight is 419 g/mol. The average Bonchev–Trinajstić information content (AvgIpc) is 3.08. The van der Waals surface area contributed by atoms with Crippen molar-refractivity contribution in [2.75, 3.05) is 30.0 Å². The number of halogens is 1. The Morgan fingerprint density at radius 2 is 1.57 bits per heavy atom. The maximum Gasteiger partial charge on any atom is 0.305 e. The molecule has 1 aliphatic rings. The van der Waals surface area contributed by atoms with E-state index in [1.165, 1.54) is 7.11 Å². The van der Waals surface area contributed by atoms with E-state index in [0.29, 0.717) is 18.4 Å². The molecule has 0 saturated carbocycles. The summed E-state index contributed by atoms with van der Waals surface area (Å²) in [5, 5.41) is 8.23. The molecule has 2 aromatic rings. The number of rotatable bonds is 6. The van der Waals surface area contributed by atoms with Gasteiger partial charge in [0.05, 0.1) is 7.11 Å². The highest BCUT2D eigenvalue weighted by Crippen LogP contribution is 2.26. The number of nitrogens with one attached hydrogen (secondary N) is 1. The second kappa shape index (κ2) is 9.52. The van der Waals surface area contributed by atoms with Gasteiger partial charge in [-0.15, -0.1) is 12.4 Å². The third-order valence-corrected chi connectivity index (χ3v) is 5.03. The number of nitrogens with zero attached hydrogens (tertiary/aromatic N) is 2. The van der Waals surface area contributed by atoms with E-state index < -0.39 is 0 Å². The predicted octanol–water partition coefficient (Wildman–Crippen LogP) is 3.11. The van der Waals surface area contributed by atoms with Gasteiger partial charge in [-0.2, -0.15) is 0 Å². The molecule has 1 aliphatic heterocycles. The molecule has 2 aromatic carbocycles. The quantitative estimate of drug-likeness (QED) is 0.324. The van der Waals surface area contributed by atoms with Gasteiger partial charge in [0.2, 0.25) is 0 Å². The molecule has 0 radical (unpaired) electrons. The first kappa shape index (κ1) is 21.7. The first-order valence-corrected chi connectivity index (χ1v) is 9.09. The van der Waals surface area contributed by atoms with Crippen LogP contribution in [-0.2, 0) is 16.0 Å². The maximum atomic E-state index is 11.3. The molecule has 3 rings (SSSR count). The van der Waals surface area contributed by atoms with E-state index >= 15 is 0 Å². The van der Waals surface area contributed by atoms with Crippen molar-refractivity contribution in [3.05, 3.63) is 59.7 Å². The largest absolute Gasteiger partial charge is 0.469 e. The topological polar surface area (TPSA) is 82.7 Å². The van der Waals surface area contributed by atoms with E-state index in [0.717, 1.165) is 35.1 Å². The molecule has 28 heavy (non-hydrogen) atoms. The fourth-order valence-electron chi connectivity index (χ4n) is 3.03. The lowest BCUT2D eigenvalue weighted by molar-refractivity contribution is -0.140. The third kappa shape index (κ3) is 4.79. The summed E-state index contributed by atoms with van der Waals surface area (Å²) in [5.74, 6) is -0.148. The first-order valence-electron chi connectivity index (χ1n) is 8.69. The summed E-state index contributed by atoms with van der Waals surface area (Å²) in [6.45, 7) is 1.59. The zero-order valence-electron chi connectivity index (χ0n) is 15.6. The van der Waals surface area contributed by atoms with Crippen LogP contribution in [-0.4, -0.2) is 37.1 Å². The second-order valence-electron chi connectivity index (χ2n) is 6.29. The summed E-state index contributed by atoms with van der Waals surface area (Å²) in [4.78, 5) is 15.4. The Morgan fingerprint density at radius 1 is 1.07 bits per heavy atom. The molecular formula is C20H23ClN4O2S. The van der Waals surface area contributed by atoms with Crippen LogP contribution in [0.4, 0.5) is 11.4 Å². The number of hydrogen-bond acceptors (Lipinski definition) is 4. The van der Waals surface area contributed by atoms with Gasteiger partial charge in [0.15, 0.2) is 5.11 Å². The smallest absolute Gasteiger partial charge is 0.305 e. The predicted molar refractivity (Wildman–Crippen MR) is 119 cm³/mol. The van der Waals surface area contributed by atoms with Crippen LogP contribution in [0.3, 0.4) is 0 Å². The summed E-state index contributed by atoms with van der Waals surface area (Å²) in [6, 6.07) is 15.6. The summed E-state index contributed by atoms with van der Waals surface area (Å²) in [6.07, 6.45) is 1.04. The van der Waals surface area contributed by atoms with Crippen molar-refractivity contribution < 1.29 is 9.53 Å². The number of amidine groups is 1. The number of ether oxygens (including phenoxy) is 1. The summed E-state index contributed by atoms with van der Waals surface area (Å²) >= 11 is 5.67. The van der Waals surface area contributed by atoms with E-state index in [2.05, 4.69) is 14.5 Å². The molecule has 6 nitrogen and oxygen atoms in total. The molecule has 0 unspecified atom stereocenters. The summed E-state index contributed by atoms with van der Waals surface area (Å²) < 4.78 is 4.68. The van der Waals surface area contributed by atoms with Gasteiger partial charge in [0, 0.05) is 36.4 Å². The number of carbonyl (C=O) groups is 1. The number of hydrogen-bond donors (Lipinski definition) is 2. The van der Waals surface area contributed by atoms with Crippen LogP contribution >= 0.6 is 24.6 Å². The lowest BCUT2D eigenvalue weighted by Gasteiger charge is -2.22. The standard InChI is InChI=1S/C20H22N4O2S.ClH/c1-26-18(25)11-4-14-2-7-16(8-3-14)23-12-13-24(20(23)27)17-9-5-15(6-10-17)19(21)22;/h2-3,5-10H,4,11-13H2,1H3,(H3,21,22);1H. The molecule has 0 bridgehead atoms. The van der Waals surface area contributed by atoms with E-state index in [9.17, 15) is 4.79 Å². The fourth-order valence-corrected chi connectivity index (χ4v) is 3.42. The SMILES string of the molecule is COC(=O)CCc1ccc(N2CCN(c3ccc(C(=N)N)cc3)C2=S)cc1.Cl. The minimum absolute atomic E-state index is 0. The number of thiocarbonyl (C=S) groups is 1. The van der Waals surface area contributed by atoms with Gasteiger partial charge in [-0.05, 0) is 60.6 Å². The summed E-state index contributed by atoms with van der Waals surface area (Å²) in [5.41, 5.74) is 9.32. The van der Waals surface area contributed by atoms with Gasteiger partial charge in [-0.25, -0.2) is 0 Å². The zero-order chi connectivity index (χ0) is 19.4. The van der Waals surface area contributed by atoms with Gasteiger partial charge in [0.1, 0.15) is 5.84 Å². The molecule has 0 amide bonds. The maximum absolute atomic E-state index is 11.3. The molecule has 0 atom stereocenters. The van der Waals surface area contributed by atoms with Gasteiger partial charge in [-0.1, -0.05) is 12.1 Å². The molecular weight excluding hydrogens is 396 g/mol. The van der Waals surface area contributed by atoms with Crippen LogP contribution < -0.4 is 15.5 Å². The van der Waals surface area contributed by atoms with E-state index in [4.69, 9.17) is 23.4 Å². The molecule has 1 heterocycles. The Kier molecular flexibility index (Phi) is 7.37. The molecule has 0 aromatic heterocycles. The zero-order valence-corrected chi connectivity index (χ0v) is 17.2. The monoisotopic (exact) mass is 418 g/mol. The van der Waals surface area contributed by atoms with Gasteiger partial charge in [0.25, 0.3) is 0 Å². The summed E-state index contributed by atoms with van der Waals surface area (Å²) in [7, 11) is 1.40. The molecule has 8 heteroatoms. The van der Waals surface area contributed by atoms with E-state index in [1.54, 1.807) is 0 Å². The van der Waals surface area contributed by atoms with E-state index in [1.807, 2.05) is 48.5 Å². The highest BCUT2D eigenvalue weighted by Gasteiger charge is 2.27. The number of benzene rings is 2. The minimum Gasteiger partial charge on any atom is -0.469 e. The molecule has 1 fully saturated rings. The van der Waals surface area contributed by atoms with Crippen molar-refractivity contribution in [2.24, 2.45) is 5.73 Å². The van der Waals surface area contributed by atoms with E-state index in [-0.39, 0.29) is 24.2 Å². The van der Waals surface area contributed by atoms with Crippen molar-refractivity contribution in [3.8, 4) is 0 Å². The number of carbonyl (C=O) groups excluding carboxylic acids is 1.